The first kappa shape index (κ1) is 16.1. The molecule has 2 unspecified atom stereocenters. The summed E-state index contributed by atoms with van der Waals surface area (Å²) in [6, 6.07) is -0.310. The van der Waals surface area contributed by atoms with Crippen molar-refractivity contribution in [1.29, 1.82) is 0 Å². The predicted octanol–water partition coefficient (Wildman–Crippen LogP) is 2.72. The molecule has 0 fully saturated rings. The molecule has 0 saturated carbocycles. The molecule has 0 bridgehead atoms. The minimum absolute atomic E-state index is 0.310. The fourth-order valence-corrected chi connectivity index (χ4v) is 2.24. The third kappa shape index (κ3) is 6.16. The zero-order chi connectivity index (χ0) is 14.5. The van der Waals surface area contributed by atoms with Gasteiger partial charge in [0.15, 0.2) is 5.82 Å². The molecule has 1 aromatic heterocycles. The van der Waals surface area contributed by atoms with E-state index in [1.807, 2.05) is 6.92 Å². The van der Waals surface area contributed by atoms with E-state index in [0.29, 0.717) is 36.3 Å². The van der Waals surface area contributed by atoms with Gasteiger partial charge in [0, 0.05) is 13.0 Å². The van der Waals surface area contributed by atoms with Gasteiger partial charge in [0.25, 0.3) is 0 Å². The van der Waals surface area contributed by atoms with Gasteiger partial charge in [-0.15, -0.1) is 0 Å². The molecule has 2 N–H and O–H groups in total. The Labute approximate surface area is 115 Å². The summed E-state index contributed by atoms with van der Waals surface area (Å²) in [7, 11) is 0. The van der Waals surface area contributed by atoms with E-state index >= 15 is 0 Å². The van der Waals surface area contributed by atoms with Gasteiger partial charge >= 0.3 is 0 Å². The van der Waals surface area contributed by atoms with Crippen LogP contribution in [0.25, 0.3) is 0 Å². The Balaban J connectivity index is 2.50. The van der Waals surface area contributed by atoms with E-state index in [-0.39, 0.29) is 6.04 Å². The number of aromatic nitrogens is 2. The van der Waals surface area contributed by atoms with Crippen LogP contribution in [-0.4, -0.2) is 23.4 Å². The third-order valence-electron chi connectivity index (χ3n) is 2.80. The van der Waals surface area contributed by atoms with Crippen molar-refractivity contribution < 1.29 is 9.26 Å². The molecule has 0 radical (unpaired) electrons. The Morgan fingerprint density at radius 1 is 1.37 bits per heavy atom. The second-order valence-corrected chi connectivity index (χ2v) is 6.39. The highest BCUT2D eigenvalue weighted by Gasteiger charge is 2.19. The Morgan fingerprint density at radius 3 is 2.63 bits per heavy atom. The Morgan fingerprint density at radius 2 is 2.05 bits per heavy atom. The van der Waals surface area contributed by atoms with Crippen molar-refractivity contribution in [3.63, 3.8) is 0 Å². The van der Waals surface area contributed by atoms with Crippen LogP contribution in [0.4, 0.5) is 0 Å². The van der Waals surface area contributed by atoms with Crippen molar-refractivity contribution in [3.8, 4) is 0 Å². The Kier molecular flexibility index (Phi) is 5.94. The average Bonchev–Trinajstić information content (AvgIpc) is 2.71. The van der Waals surface area contributed by atoms with Crippen molar-refractivity contribution in [3.05, 3.63) is 11.7 Å². The Hall–Kier alpha value is -0.940. The highest BCUT2D eigenvalue weighted by Crippen LogP contribution is 2.26. The number of nitrogens with two attached hydrogens (primary N) is 1. The van der Waals surface area contributed by atoms with Crippen LogP contribution < -0.4 is 5.73 Å². The van der Waals surface area contributed by atoms with E-state index in [9.17, 15) is 0 Å². The predicted molar refractivity (Wildman–Crippen MR) is 74.7 cm³/mol. The van der Waals surface area contributed by atoms with Crippen LogP contribution in [0.2, 0.25) is 0 Å². The summed E-state index contributed by atoms with van der Waals surface area (Å²) >= 11 is 0. The van der Waals surface area contributed by atoms with Crippen LogP contribution >= 0.6 is 0 Å². The van der Waals surface area contributed by atoms with Gasteiger partial charge in [-0.2, -0.15) is 4.98 Å². The summed E-state index contributed by atoms with van der Waals surface area (Å²) in [5, 5.41) is 3.93. The zero-order valence-corrected chi connectivity index (χ0v) is 12.8. The topological polar surface area (TPSA) is 74.2 Å². The fraction of sp³-hybridized carbons (Fsp3) is 0.857. The van der Waals surface area contributed by atoms with Gasteiger partial charge in [-0.05, 0) is 24.7 Å². The van der Waals surface area contributed by atoms with Crippen LogP contribution in [0, 0.1) is 11.3 Å². The fourth-order valence-electron chi connectivity index (χ4n) is 2.24. The first-order valence-corrected chi connectivity index (χ1v) is 6.97. The van der Waals surface area contributed by atoms with E-state index < -0.39 is 0 Å². The third-order valence-corrected chi connectivity index (χ3v) is 2.80. The zero-order valence-electron chi connectivity index (χ0n) is 12.8. The molecule has 1 heterocycles. The van der Waals surface area contributed by atoms with Crippen molar-refractivity contribution >= 4 is 0 Å². The van der Waals surface area contributed by atoms with Crippen molar-refractivity contribution in [1.82, 2.24) is 10.1 Å². The van der Waals surface area contributed by atoms with Crippen LogP contribution in [0.15, 0.2) is 4.52 Å². The Bertz CT molecular complexity index is 371. The second-order valence-electron chi connectivity index (χ2n) is 6.39. The molecule has 0 saturated heterocycles. The van der Waals surface area contributed by atoms with E-state index in [1.165, 1.54) is 0 Å². The molecule has 0 aliphatic rings. The quantitative estimate of drug-likeness (QED) is 0.823. The summed E-state index contributed by atoms with van der Waals surface area (Å²) in [5.41, 5.74) is 6.23. The number of nitrogens with zero attached hydrogens (tertiary/aromatic N) is 2. The highest BCUT2D eigenvalue weighted by molar-refractivity contribution is 4.93. The number of hydrogen-bond acceptors (Lipinski definition) is 5. The standard InChI is InChI=1S/C14H27N3O2/c1-6-18-9-11(15)13-16-12(19-17-13)7-10(2)8-14(3,4)5/h10-11H,6-9,15H2,1-5H3. The lowest BCUT2D eigenvalue weighted by atomic mass is 9.84. The van der Waals surface area contributed by atoms with Gasteiger partial charge in [-0.25, -0.2) is 0 Å². The monoisotopic (exact) mass is 269 g/mol. The largest absolute Gasteiger partial charge is 0.380 e. The smallest absolute Gasteiger partial charge is 0.226 e. The molecule has 0 aliphatic carbocycles. The molecule has 19 heavy (non-hydrogen) atoms. The number of ether oxygens (including phenoxy) is 1. The number of rotatable bonds is 7. The van der Waals surface area contributed by atoms with Crippen LogP contribution in [0.3, 0.4) is 0 Å². The summed E-state index contributed by atoms with van der Waals surface area (Å²) in [5.74, 6) is 1.71. The van der Waals surface area contributed by atoms with Crippen LogP contribution in [-0.2, 0) is 11.2 Å². The molecule has 110 valence electrons. The van der Waals surface area contributed by atoms with Gasteiger partial charge in [-0.3, -0.25) is 0 Å². The van der Waals surface area contributed by atoms with Crippen molar-refractivity contribution in [2.24, 2.45) is 17.1 Å². The van der Waals surface area contributed by atoms with E-state index in [4.69, 9.17) is 15.0 Å². The minimum Gasteiger partial charge on any atom is -0.380 e. The lowest BCUT2D eigenvalue weighted by Crippen LogP contribution is -2.18. The molecule has 5 nitrogen and oxygen atoms in total. The lowest BCUT2D eigenvalue weighted by molar-refractivity contribution is 0.130. The number of hydrogen-bond donors (Lipinski definition) is 1. The van der Waals surface area contributed by atoms with Crippen LogP contribution in [0.5, 0.6) is 0 Å². The second kappa shape index (κ2) is 7.01. The molecule has 0 amide bonds. The van der Waals surface area contributed by atoms with E-state index in [1.54, 1.807) is 0 Å². The van der Waals surface area contributed by atoms with Gasteiger partial charge in [0.2, 0.25) is 5.89 Å². The maximum atomic E-state index is 5.92. The molecule has 1 rings (SSSR count). The van der Waals surface area contributed by atoms with Gasteiger partial charge in [-0.1, -0.05) is 32.9 Å². The summed E-state index contributed by atoms with van der Waals surface area (Å²) in [6.45, 7) is 11.9. The molecule has 0 spiro atoms. The van der Waals surface area contributed by atoms with Gasteiger partial charge < -0.3 is 15.0 Å². The molecular formula is C14H27N3O2. The first-order chi connectivity index (χ1) is 8.81. The molecule has 0 aromatic carbocycles. The molecule has 0 aliphatic heterocycles. The van der Waals surface area contributed by atoms with Crippen molar-refractivity contribution in [2.75, 3.05) is 13.2 Å². The first-order valence-electron chi connectivity index (χ1n) is 6.97. The lowest BCUT2D eigenvalue weighted by Gasteiger charge is -2.22. The molecule has 1 aromatic rings. The summed E-state index contributed by atoms with van der Waals surface area (Å²) in [6.07, 6.45) is 1.92. The minimum atomic E-state index is -0.310. The normalized spacial score (nSPS) is 15.5. The van der Waals surface area contributed by atoms with E-state index in [0.717, 1.165) is 12.8 Å². The van der Waals surface area contributed by atoms with Crippen LogP contribution in [0.1, 0.15) is 58.8 Å². The SMILES string of the molecule is CCOCC(N)c1noc(CC(C)CC(C)(C)C)n1. The molecule has 5 heteroatoms. The summed E-state index contributed by atoms with van der Waals surface area (Å²) < 4.78 is 10.5. The maximum absolute atomic E-state index is 5.92. The molecular weight excluding hydrogens is 242 g/mol. The highest BCUT2D eigenvalue weighted by atomic mass is 16.5. The van der Waals surface area contributed by atoms with Gasteiger partial charge in [0.1, 0.15) is 0 Å². The van der Waals surface area contributed by atoms with Crippen molar-refractivity contribution in [2.45, 2.75) is 53.5 Å². The molecule has 2 atom stereocenters. The summed E-state index contributed by atoms with van der Waals surface area (Å²) in [4.78, 5) is 4.35. The van der Waals surface area contributed by atoms with Gasteiger partial charge in [0.05, 0.1) is 12.6 Å². The maximum Gasteiger partial charge on any atom is 0.226 e. The van der Waals surface area contributed by atoms with E-state index in [2.05, 4.69) is 37.8 Å². The average molecular weight is 269 g/mol.